The van der Waals surface area contributed by atoms with E-state index < -0.39 is 12.7 Å². The minimum absolute atomic E-state index is 0.187. The van der Waals surface area contributed by atoms with Crippen LogP contribution < -0.4 is 0 Å². The second-order valence-electron chi connectivity index (χ2n) is 1.67. The number of rotatable bonds is 4. The van der Waals surface area contributed by atoms with Gasteiger partial charge in [-0.15, -0.1) is 10.1 Å². The lowest BCUT2D eigenvalue weighted by atomic mass is 10.6. The molecule has 0 aromatic carbocycles. The van der Waals surface area contributed by atoms with Gasteiger partial charge < -0.3 is 4.89 Å². The molecule has 7 heteroatoms. The first-order chi connectivity index (χ1) is 4.48. The summed E-state index contributed by atoms with van der Waals surface area (Å²) in [5.74, 6) is 0. The van der Waals surface area contributed by atoms with E-state index in [4.69, 9.17) is 4.89 Å². The lowest BCUT2D eigenvalue weighted by Gasteiger charge is -2.04. The maximum absolute atomic E-state index is 10.5. The molecule has 0 aliphatic rings. The predicted octanol–water partition coefficient (Wildman–Crippen LogP) is 0.790. The standard InChI is InChI=1S/C3H8NO5P/c1-2-3-10(7,8)9-4(5)6/h2-3H2,1H3,(H,7,8). The number of hydrogen-bond donors (Lipinski definition) is 1. The quantitative estimate of drug-likeness (QED) is 0.381. The Hall–Kier alpha value is -0.610. The Balaban J connectivity index is 3.87. The molecule has 0 amide bonds. The van der Waals surface area contributed by atoms with Crippen LogP contribution in [0.25, 0.3) is 0 Å². The number of nitrogens with zero attached hydrogens (tertiary/aromatic N) is 1. The van der Waals surface area contributed by atoms with Gasteiger partial charge in [0.2, 0.25) is 0 Å². The molecule has 0 saturated carbocycles. The zero-order valence-corrected chi connectivity index (χ0v) is 6.28. The van der Waals surface area contributed by atoms with Gasteiger partial charge in [0, 0.05) is 6.16 Å². The summed E-state index contributed by atoms with van der Waals surface area (Å²) >= 11 is 0. The molecule has 1 N–H and O–H groups in total. The molecule has 0 bridgehead atoms. The first-order valence-corrected chi connectivity index (χ1v) is 4.40. The third-order valence-corrected chi connectivity index (χ3v) is 2.10. The van der Waals surface area contributed by atoms with Crippen LogP contribution in [0.15, 0.2) is 0 Å². The largest absolute Gasteiger partial charge is 0.368 e. The van der Waals surface area contributed by atoms with Crippen molar-refractivity contribution in [3.63, 3.8) is 0 Å². The molecule has 0 radical (unpaired) electrons. The average Bonchev–Trinajstić information content (AvgIpc) is 1.59. The van der Waals surface area contributed by atoms with Gasteiger partial charge in [0.1, 0.15) is 0 Å². The first kappa shape index (κ1) is 9.39. The summed E-state index contributed by atoms with van der Waals surface area (Å²) in [6.07, 6.45) is 0.190. The minimum Gasteiger partial charge on any atom is -0.326 e. The van der Waals surface area contributed by atoms with Crippen molar-refractivity contribution in [3.05, 3.63) is 10.1 Å². The Morgan fingerprint density at radius 3 is 2.60 bits per heavy atom. The average molecular weight is 169 g/mol. The Morgan fingerprint density at radius 2 is 2.30 bits per heavy atom. The maximum Gasteiger partial charge on any atom is 0.368 e. The van der Waals surface area contributed by atoms with Gasteiger partial charge in [-0.2, -0.15) is 0 Å². The van der Waals surface area contributed by atoms with Crippen LogP contribution in [-0.2, 0) is 9.19 Å². The van der Waals surface area contributed by atoms with Crippen LogP contribution in [0.1, 0.15) is 13.3 Å². The third-order valence-electron chi connectivity index (χ3n) is 0.700. The summed E-state index contributed by atoms with van der Waals surface area (Å²) in [6.45, 7) is 1.63. The summed E-state index contributed by atoms with van der Waals surface area (Å²) in [5, 5.41) is 8.29. The Labute approximate surface area is 57.4 Å². The lowest BCUT2D eigenvalue weighted by Crippen LogP contribution is -2.00. The van der Waals surface area contributed by atoms with Crippen LogP contribution in [-0.4, -0.2) is 16.1 Å². The highest BCUT2D eigenvalue weighted by atomic mass is 31.2. The van der Waals surface area contributed by atoms with E-state index in [1.165, 1.54) is 0 Å². The zero-order chi connectivity index (χ0) is 8.20. The van der Waals surface area contributed by atoms with E-state index in [9.17, 15) is 14.7 Å². The van der Waals surface area contributed by atoms with Crippen LogP contribution >= 0.6 is 7.60 Å². The Morgan fingerprint density at radius 1 is 1.80 bits per heavy atom. The van der Waals surface area contributed by atoms with Crippen LogP contribution in [0, 0.1) is 10.1 Å². The lowest BCUT2D eigenvalue weighted by molar-refractivity contribution is -0.715. The highest BCUT2D eigenvalue weighted by Gasteiger charge is 2.21. The van der Waals surface area contributed by atoms with Crippen molar-refractivity contribution >= 4 is 7.60 Å². The van der Waals surface area contributed by atoms with E-state index in [0.29, 0.717) is 6.42 Å². The van der Waals surface area contributed by atoms with Gasteiger partial charge in [-0.1, -0.05) is 6.92 Å². The molecule has 0 saturated heterocycles. The predicted molar refractivity (Wildman–Crippen MR) is 33.1 cm³/mol. The molecular formula is C3H8NO5P. The van der Waals surface area contributed by atoms with Crippen LogP contribution in [0.5, 0.6) is 0 Å². The van der Waals surface area contributed by atoms with Gasteiger partial charge in [-0.05, 0) is 6.42 Å². The number of hydrogen-bond acceptors (Lipinski definition) is 4. The molecule has 0 spiro atoms. The zero-order valence-electron chi connectivity index (χ0n) is 5.39. The van der Waals surface area contributed by atoms with Gasteiger partial charge in [-0.25, -0.2) is 4.62 Å². The van der Waals surface area contributed by atoms with Gasteiger partial charge in [0.25, 0.3) is 0 Å². The van der Waals surface area contributed by atoms with Crippen molar-refractivity contribution < 1.29 is 19.2 Å². The van der Waals surface area contributed by atoms with E-state index in [1.54, 1.807) is 6.92 Å². The fourth-order valence-electron chi connectivity index (χ4n) is 0.428. The molecular weight excluding hydrogens is 161 g/mol. The van der Waals surface area contributed by atoms with Crippen molar-refractivity contribution in [2.75, 3.05) is 6.16 Å². The van der Waals surface area contributed by atoms with E-state index in [2.05, 4.69) is 4.62 Å². The highest BCUT2D eigenvalue weighted by Crippen LogP contribution is 2.41. The SMILES string of the molecule is CCCP(=O)(O)O[N+](=O)[O-]. The third kappa shape index (κ3) is 4.29. The van der Waals surface area contributed by atoms with Crippen molar-refractivity contribution in [2.45, 2.75) is 13.3 Å². The topological polar surface area (TPSA) is 89.7 Å². The van der Waals surface area contributed by atoms with Crippen molar-refractivity contribution in [1.29, 1.82) is 0 Å². The van der Waals surface area contributed by atoms with E-state index in [0.717, 1.165) is 0 Å². The summed E-state index contributed by atoms with van der Waals surface area (Å²) in [4.78, 5) is 18.1. The molecule has 0 rings (SSSR count). The molecule has 6 nitrogen and oxygen atoms in total. The van der Waals surface area contributed by atoms with Crippen LogP contribution in [0.4, 0.5) is 0 Å². The Bertz CT molecular complexity index is 168. The molecule has 0 heterocycles. The Kier molecular flexibility index (Phi) is 3.32. The molecule has 1 unspecified atom stereocenters. The van der Waals surface area contributed by atoms with E-state index in [-0.39, 0.29) is 6.16 Å². The molecule has 1 atom stereocenters. The smallest absolute Gasteiger partial charge is 0.326 e. The summed E-state index contributed by atoms with van der Waals surface area (Å²) in [5.41, 5.74) is 0. The molecule has 0 aliphatic heterocycles. The monoisotopic (exact) mass is 169 g/mol. The maximum atomic E-state index is 10.5. The van der Waals surface area contributed by atoms with Crippen LogP contribution in [0.3, 0.4) is 0 Å². The van der Waals surface area contributed by atoms with Gasteiger partial charge in [0.15, 0.2) is 0 Å². The highest BCUT2D eigenvalue weighted by molar-refractivity contribution is 7.52. The van der Waals surface area contributed by atoms with E-state index >= 15 is 0 Å². The van der Waals surface area contributed by atoms with Gasteiger partial charge >= 0.3 is 12.7 Å². The molecule has 0 fully saturated rings. The first-order valence-electron chi connectivity index (χ1n) is 2.64. The second-order valence-corrected chi connectivity index (χ2v) is 3.55. The second kappa shape index (κ2) is 3.53. The van der Waals surface area contributed by atoms with Crippen molar-refractivity contribution in [1.82, 2.24) is 0 Å². The summed E-state index contributed by atoms with van der Waals surface area (Å²) in [6, 6.07) is 0. The molecule has 0 aromatic heterocycles. The summed E-state index contributed by atoms with van der Waals surface area (Å²) in [7, 11) is -3.95. The van der Waals surface area contributed by atoms with Gasteiger partial charge in [-0.3, -0.25) is 4.57 Å². The summed E-state index contributed by atoms with van der Waals surface area (Å²) < 4.78 is 14.0. The van der Waals surface area contributed by atoms with Crippen molar-refractivity contribution in [3.8, 4) is 0 Å². The van der Waals surface area contributed by atoms with E-state index in [1.807, 2.05) is 0 Å². The fraction of sp³-hybridized carbons (Fsp3) is 1.00. The molecule has 0 aromatic rings. The molecule has 60 valence electrons. The van der Waals surface area contributed by atoms with Crippen LogP contribution in [0.2, 0.25) is 0 Å². The normalized spacial score (nSPS) is 15.8. The minimum atomic E-state index is -3.95. The fourth-order valence-corrected chi connectivity index (χ4v) is 1.28. The molecule has 0 aliphatic carbocycles. The molecule has 10 heavy (non-hydrogen) atoms. The van der Waals surface area contributed by atoms with Crippen molar-refractivity contribution in [2.24, 2.45) is 0 Å². The van der Waals surface area contributed by atoms with Gasteiger partial charge in [0.05, 0.1) is 0 Å².